The van der Waals surface area contributed by atoms with Crippen LogP contribution < -0.4 is 26.6 Å². The van der Waals surface area contributed by atoms with Crippen LogP contribution in [0.25, 0.3) is 21.9 Å². The van der Waals surface area contributed by atoms with Gasteiger partial charge in [-0.15, -0.1) is 16.4 Å². The molecule has 5 N–H and O–H groups in total. The first-order valence-corrected chi connectivity index (χ1v) is 12.0. The molecule has 1 fully saturated rings. The third-order valence-corrected chi connectivity index (χ3v) is 6.83. The molecule has 34 heavy (non-hydrogen) atoms. The van der Waals surface area contributed by atoms with Crippen molar-refractivity contribution in [3.8, 4) is 11.1 Å². The number of hydrogen-bond acceptors (Lipinski definition) is 9. The van der Waals surface area contributed by atoms with E-state index in [4.69, 9.17) is 5.73 Å². The van der Waals surface area contributed by atoms with Crippen LogP contribution in [-0.4, -0.2) is 47.8 Å². The van der Waals surface area contributed by atoms with E-state index in [0.29, 0.717) is 24.7 Å². The van der Waals surface area contributed by atoms with E-state index < -0.39 is 6.17 Å². The lowest BCUT2D eigenvalue weighted by Gasteiger charge is -2.26. The van der Waals surface area contributed by atoms with Crippen molar-refractivity contribution in [1.29, 1.82) is 0 Å². The first-order valence-electron chi connectivity index (χ1n) is 11.1. The van der Waals surface area contributed by atoms with E-state index in [1.807, 2.05) is 25.2 Å². The lowest BCUT2D eigenvalue weighted by Crippen LogP contribution is -2.48. The van der Waals surface area contributed by atoms with Crippen molar-refractivity contribution in [3.05, 3.63) is 64.6 Å². The maximum Gasteiger partial charge on any atom is 0.242 e. The van der Waals surface area contributed by atoms with Crippen LogP contribution >= 0.6 is 11.3 Å². The average Bonchev–Trinajstić information content (AvgIpc) is 3.35. The highest BCUT2D eigenvalue weighted by Crippen LogP contribution is 2.32. The van der Waals surface area contributed by atoms with Crippen LogP contribution in [0.3, 0.4) is 0 Å². The number of thiophene rings is 1. The Morgan fingerprint density at radius 3 is 3.00 bits per heavy atom. The summed E-state index contributed by atoms with van der Waals surface area (Å²) in [5.74, 6) is 1.15. The van der Waals surface area contributed by atoms with E-state index in [1.54, 1.807) is 28.6 Å². The SMILES string of the molecule is CNCc1ccccc1-c1csc([C@@H](N)Nc2nncc3cnc(N4CCNCC4=O)cc23)c1. The number of fused-ring (bicyclic) bond motifs is 1. The molecule has 1 aromatic carbocycles. The van der Waals surface area contributed by atoms with Crippen LogP contribution in [0.1, 0.15) is 16.6 Å². The maximum absolute atomic E-state index is 12.3. The van der Waals surface area contributed by atoms with Crippen molar-refractivity contribution in [2.75, 3.05) is 36.9 Å². The third-order valence-electron chi connectivity index (χ3n) is 5.81. The molecule has 1 aliphatic rings. The van der Waals surface area contributed by atoms with Crippen molar-refractivity contribution < 1.29 is 4.79 Å². The first-order chi connectivity index (χ1) is 16.6. The molecule has 0 spiro atoms. The maximum atomic E-state index is 12.3. The van der Waals surface area contributed by atoms with E-state index >= 15 is 0 Å². The monoisotopic (exact) mass is 474 g/mol. The number of nitrogens with zero attached hydrogens (tertiary/aromatic N) is 4. The van der Waals surface area contributed by atoms with Crippen molar-refractivity contribution in [2.24, 2.45) is 5.73 Å². The topological polar surface area (TPSA) is 121 Å². The molecule has 0 saturated carbocycles. The quantitative estimate of drug-likeness (QED) is 0.302. The number of carbonyl (C=O) groups excluding carboxylic acids is 1. The van der Waals surface area contributed by atoms with Gasteiger partial charge in [0, 0.05) is 41.5 Å². The van der Waals surface area contributed by atoms with Crippen LogP contribution in [-0.2, 0) is 11.3 Å². The Bertz CT molecular complexity index is 1320. The Labute approximate surface area is 201 Å². The van der Waals surface area contributed by atoms with Gasteiger partial charge >= 0.3 is 0 Å². The summed E-state index contributed by atoms with van der Waals surface area (Å²) in [6, 6.07) is 12.3. The molecule has 4 heterocycles. The molecule has 1 aliphatic heterocycles. The molecule has 9 nitrogen and oxygen atoms in total. The second kappa shape index (κ2) is 9.82. The van der Waals surface area contributed by atoms with Crippen LogP contribution in [0.2, 0.25) is 0 Å². The summed E-state index contributed by atoms with van der Waals surface area (Å²) in [6.45, 7) is 2.41. The number of piperazine rings is 1. The second-order valence-corrected chi connectivity index (χ2v) is 9.04. The molecule has 5 rings (SSSR count). The van der Waals surface area contributed by atoms with E-state index in [9.17, 15) is 4.79 Å². The molecule has 1 atom stereocenters. The zero-order valence-corrected chi connectivity index (χ0v) is 19.6. The summed E-state index contributed by atoms with van der Waals surface area (Å²) in [5, 5.41) is 21.8. The lowest BCUT2D eigenvalue weighted by molar-refractivity contribution is -0.118. The molecule has 3 aromatic heterocycles. The minimum absolute atomic E-state index is 0.00371. The van der Waals surface area contributed by atoms with E-state index in [2.05, 4.69) is 54.7 Å². The van der Waals surface area contributed by atoms with Crippen LogP contribution in [0.15, 0.2) is 54.2 Å². The van der Waals surface area contributed by atoms with Gasteiger partial charge in [-0.25, -0.2) is 4.98 Å². The van der Waals surface area contributed by atoms with E-state index in [0.717, 1.165) is 34.3 Å². The molecule has 0 unspecified atom stereocenters. The Kier molecular flexibility index (Phi) is 6.45. The zero-order chi connectivity index (χ0) is 23.5. The summed E-state index contributed by atoms with van der Waals surface area (Å²) < 4.78 is 0. The summed E-state index contributed by atoms with van der Waals surface area (Å²) in [4.78, 5) is 19.5. The van der Waals surface area contributed by atoms with Crippen LogP contribution in [0.5, 0.6) is 0 Å². The average molecular weight is 475 g/mol. The Morgan fingerprint density at radius 2 is 2.15 bits per heavy atom. The predicted molar refractivity (Wildman–Crippen MR) is 136 cm³/mol. The number of rotatable bonds is 7. The number of aromatic nitrogens is 3. The van der Waals surface area contributed by atoms with Crippen molar-refractivity contribution in [3.63, 3.8) is 0 Å². The number of amides is 1. The van der Waals surface area contributed by atoms with E-state index in [1.165, 1.54) is 11.1 Å². The molecule has 10 heteroatoms. The molecular formula is C24H26N8OS. The molecule has 0 radical (unpaired) electrons. The number of nitrogens with one attached hydrogen (secondary N) is 3. The van der Waals surface area contributed by atoms with Gasteiger partial charge in [-0.1, -0.05) is 24.3 Å². The zero-order valence-electron chi connectivity index (χ0n) is 18.8. The van der Waals surface area contributed by atoms with Gasteiger partial charge in [0.15, 0.2) is 5.82 Å². The van der Waals surface area contributed by atoms with Crippen molar-refractivity contribution in [1.82, 2.24) is 25.8 Å². The third kappa shape index (κ3) is 4.48. The summed E-state index contributed by atoms with van der Waals surface area (Å²) in [7, 11) is 1.94. The van der Waals surface area contributed by atoms with Gasteiger partial charge in [0.05, 0.1) is 12.7 Å². The second-order valence-electron chi connectivity index (χ2n) is 8.09. The largest absolute Gasteiger partial charge is 0.348 e. The number of pyridine rings is 1. The fraction of sp³-hybridized carbons (Fsp3) is 0.250. The van der Waals surface area contributed by atoms with E-state index in [-0.39, 0.29) is 5.91 Å². The summed E-state index contributed by atoms with van der Waals surface area (Å²) >= 11 is 1.60. The highest BCUT2D eigenvalue weighted by molar-refractivity contribution is 7.10. The highest BCUT2D eigenvalue weighted by atomic mass is 32.1. The Balaban J connectivity index is 1.41. The smallest absolute Gasteiger partial charge is 0.242 e. The highest BCUT2D eigenvalue weighted by Gasteiger charge is 2.21. The summed E-state index contributed by atoms with van der Waals surface area (Å²) in [6.07, 6.45) is 2.91. The normalized spacial score (nSPS) is 15.0. The fourth-order valence-corrected chi connectivity index (χ4v) is 4.95. The molecule has 1 saturated heterocycles. The summed E-state index contributed by atoms with van der Waals surface area (Å²) in [5.41, 5.74) is 10.1. The number of carbonyl (C=O) groups is 1. The minimum atomic E-state index is -0.465. The fourth-order valence-electron chi connectivity index (χ4n) is 4.09. The van der Waals surface area contributed by atoms with Crippen LogP contribution in [0, 0.1) is 0 Å². The van der Waals surface area contributed by atoms with Crippen molar-refractivity contribution in [2.45, 2.75) is 12.7 Å². The van der Waals surface area contributed by atoms with Gasteiger partial charge in [-0.05, 0) is 41.3 Å². The molecule has 174 valence electrons. The number of nitrogens with two attached hydrogens (primary N) is 1. The number of anilines is 2. The first kappa shape index (κ1) is 22.4. The van der Waals surface area contributed by atoms with Gasteiger partial charge in [0.1, 0.15) is 12.0 Å². The van der Waals surface area contributed by atoms with Gasteiger partial charge < -0.3 is 21.7 Å². The molecule has 4 aromatic rings. The van der Waals surface area contributed by atoms with Crippen LogP contribution in [0.4, 0.5) is 11.6 Å². The van der Waals surface area contributed by atoms with Gasteiger partial charge in [0.2, 0.25) is 5.91 Å². The standard InChI is InChI=1S/C24H26N8OS/c1-26-10-15-4-2-3-5-18(15)16-8-20(34-14-16)23(25)30-24-19-9-21(28-11-17(19)12-29-31-24)32-7-6-27-13-22(32)33/h2-5,8-9,11-12,14,23,26-27H,6-7,10,13,25H2,1H3,(H,30,31)/t23-/m0/s1. The van der Waals surface area contributed by atoms with Gasteiger partial charge in [-0.3, -0.25) is 9.69 Å². The Morgan fingerprint density at radius 1 is 1.26 bits per heavy atom. The lowest BCUT2D eigenvalue weighted by atomic mass is 10.0. The molecular weight excluding hydrogens is 448 g/mol. The molecule has 1 amide bonds. The van der Waals surface area contributed by atoms with Gasteiger partial charge in [-0.2, -0.15) is 5.10 Å². The van der Waals surface area contributed by atoms with Gasteiger partial charge in [0.25, 0.3) is 0 Å². The molecule has 0 bridgehead atoms. The molecule has 0 aliphatic carbocycles. The number of hydrogen-bond donors (Lipinski definition) is 4. The Hall–Kier alpha value is -3.44. The minimum Gasteiger partial charge on any atom is -0.348 e. The number of benzene rings is 1. The van der Waals surface area contributed by atoms with Crippen molar-refractivity contribution >= 4 is 39.7 Å². The predicted octanol–water partition coefficient (Wildman–Crippen LogP) is 2.48.